The third-order valence-corrected chi connectivity index (χ3v) is 3.31. The normalized spacial score (nSPS) is 11.1. The number of nitrogens with one attached hydrogen (secondary N) is 2. The lowest BCUT2D eigenvalue weighted by Gasteiger charge is -2.05. The molecule has 7 nitrogen and oxygen atoms in total. The van der Waals surface area contributed by atoms with Gasteiger partial charge in [-0.2, -0.15) is 5.10 Å². The predicted octanol–water partition coefficient (Wildman–Crippen LogP) is 2.39. The Kier molecular flexibility index (Phi) is 5.53. The number of aromatic nitrogens is 1. The van der Waals surface area contributed by atoms with Crippen LogP contribution in [0, 0.1) is 0 Å². The number of amides is 1. The van der Waals surface area contributed by atoms with E-state index in [4.69, 9.17) is 9.84 Å². The molecule has 0 aliphatic heterocycles. The van der Waals surface area contributed by atoms with Gasteiger partial charge in [0.15, 0.2) is 6.61 Å². The van der Waals surface area contributed by atoms with Crippen molar-refractivity contribution in [3.05, 3.63) is 52.3 Å². The molecule has 1 aromatic heterocycles. The summed E-state index contributed by atoms with van der Waals surface area (Å²) in [6.45, 7) is 1.35. The number of rotatable bonds is 6. The molecular weight excluding hydrogens is 366 g/mol. The van der Waals surface area contributed by atoms with Gasteiger partial charge in [0.25, 0.3) is 5.91 Å². The summed E-state index contributed by atoms with van der Waals surface area (Å²) in [6.07, 6.45) is 1.65. The van der Waals surface area contributed by atoms with E-state index in [-0.39, 0.29) is 5.91 Å². The number of aliphatic carboxylic acids is 1. The first kappa shape index (κ1) is 16.8. The first-order valence-corrected chi connectivity index (χ1v) is 7.38. The Morgan fingerprint density at radius 3 is 2.61 bits per heavy atom. The molecule has 1 heterocycles. The van der Waals surface area contributed by atoms with Gasteiger partial charge >= 0.3 is 5.97 Å². The number of ether oxygens (including phenoxy) is 1. The minimum atomic E-state index is -1.04. The average Bonchev–Trinajstić information content (AvgIpc) is 2.97. The van der Waals surface area contributed by atoms with Crippen molar-refractivity contribution in [1.29, 1.82) is 0 Å². The van der Waals surface area contributed by atoms with E-state index in [1.165, 1.54) is 0 Å². The van der Waals surface area contributed by atoms with Gasteiger partial charge in [0.2, 0.25) is 0 Å². The summed E-state index contributed by atoms with van der Waals surface area (Å²) in [7, 11) is 0. The second-order valence-electron chi connectivity index (χ2n) is 4.58. The van der Waals surface area contributed by atoms with Crippen LogP contribution in [-0.4, -0.2) is 34.3 Å². The van der Waals surface area contributed by atoms with Crippen LogP contribution in [0.1, 0.15) is 23.0 Å². The molecule has 1 amide bonds. The van der Waals surface area contributed by atoms with E-state index in [9.17, 15) is 9.59 Å². The number of carboxylic acids is 1. The third kappa shape index (κ3) is 4.96. The fraction of sp³-hybridized carbons (Fsp3) is 0.133. The molecule has 0 saturated carbocycles. The van der Waals surface area contributed by atoms with Crippen molar-refractivity contribution in [1.82, 2.24) is 10.4 Å². The zero-order valence-corrected chi connectivity index (χ0v) is 13.8. The summed E-state index contributed by atoms with van der Waals surface area (Å²) >= 11 is 3.25. The van der Waals surface area contributed by atoms with Gasteiger partial charge < -0.3 is 14.8 Å². The number of benzene rings is 1. The molecule has 0 bridgehead atoms. The molecule has 2 rings (SSSR count). The number of halogens is 1. The maximum absolute atomic E-state index is 11.9. The van der Waals surface area contributed by atoms with Gasteiger partial charge in [-0.3, -0.25) is 4.79 Å². The van der Waals surface area contributed by atoms with Gasteiger partial charge in [0, 0.05) is 10.7 Å². The third-order valence-electron chi connectivity index (χ3n) is 2.85. The summed E-state index contributed by atoms with van der Waals surface area (Å²) in [5, 5.41) is 12.6. The number of nitrogens with zero attached hydrogens (tertiary/aromatic N) is 1. The highest BCUT2D eigenvalue weighted by molar-refractivity contribution is 9.10. The molecule has 0 unspecified atom stereocenters. The second-order valence-corrected chi connectivity index (χ2v) is 5.49. The number of carboxylic acid groups (broad SMARTS) is 1. The summed E-state index contributed by atoms with van der Waals surface area (Å²) in [5.41, 5.74) is 4.23. The van der Waals surface area contributed by atoms with Gasteiger partial charge in [0.1, 0.15) is 11.4 Å². The average molecular weight is 380 g/mol. The largest absolute Gasteiger partial charge is 0.482 e. The number of hydrogen-bond acceptors (Lipinski definition) is 4. The molecule has 0 aliphatic rings. The van der Waals surface area contributed by atoms with Crippen LogP contribution >= 0.6 is 15.9 Å². The Balaban J connectivity index is 1.97. The summed E-state index contributed by atoms with van der Waals surface area (Å²) in [5.74, 6) is -0.939. The van der Waals surface area contributed by atoms with Crippen LogP contribution in [0.25, 0.3) is 0 Å². The minimum absolute atomic E-state index is 0.350. The number of carbonyl (C=O) groups is 2. The van der Waals surface area contributed by atoms with Crippen molar-refractivity contribution in [2.45, 2.75) is 6.92 Å². The lowest BCUT2D eigenvalue weighted by atomic mass is 10.1. The molecule has 0 fully saturated rings. The highest BCUT2D eigenvalue weighted by Gasteiger charge is 2.07. The van der Waals surface area contributed by atoms with E-state index in [2.05, 4.69) is 31.4 Å². The molecule has 120 valence electrons. The molecule has 23 heavy (non-hydrogen) atoms. The van der Waals surface area contributed by atoms with Gasteiger partial charge in [0.05, 0.1) is 5.71 Å². The Labute approximate surface area is 140 Å². The first-order chi connectivity index (χ1) is 11.0. The quantitative estimate of drug-likeness (QED) is 0.529. The van der Waals surface area contributed by atoms with E-state index < -0.39 is 12.6 Å². The molecular formula is C15H14BrN3O4. The first-order valence-electron chi connectivity index (χ1n) is 6.59. The highest BCUT2D eigenvalue weighted by atomic mass is 79.9. The number of hydrazone groups is 1. The lowest BCUT2D eigenvalue weighted by molar-refractivity contribution is -0.139. The smallest absolute Gasteiger partial charge is 0.341 e. The summed E-state index contributed by atoms with van der Waals surface area (Å²) < 4.78 is 5.82. The zero-order valence-electron chi connectivity index (χ0n) is 12.2. The van der Waals surface area contributed by atoms with E-state index in [1.807, 2.05) is 0 Å². The van der Waals surface area contributed by atoms with Crippen LogP contribution in [0.5, 0.6) is 5.75 Å². The van der Waals surface area contributed by atoms with Crippen molar-refractivity contribution >= 4 is 33.5 Å². The number of hydrogen-bond donors (Lipinski definition) is 3. The standard InChI is InChI=1S/C15H14BrN3O4/c1-9(18-19-15(22)13-6-11(16)7-17-13)10-2-4-12(5-3-10)23-8-14(20)21/h2-7,17H,8H2,1H3,(H,19,22)(H,20,21)/b18-9-. The fourth-order valence-electron chi connectivity index (χ4n) is 1.70. The van der Waals surface area contributed by atoms with Gasteiger partial charge in [-0.25, -0.2) is 10.2 Å². The van der Waals surface area contributed by atoms with E-state index >= 15 is 0 Å². The molecule has 0 aliphatic carbocycles. The topological polar surface area (TPSA) is 104 Å². The van der Waals surface area contributed by atoms with E-state index in [0.29, 0.717) is 17.2 Å². The summed E-state index contributed by atoms with van der Waals surface area (Å²) in [6, 6.07) is 8.39. The van der Waals surface area contributed by atoms with Crippen molar-refractivity contribution < 1.29 is 19.4 Å². The minimum Gasteiger partial charge on any atom is -0.482 e. The summed E-state index contributed by atoms with van der Waals surface area (Å²) in [4.78, 5) is 25.1. The SMILES string of the molecule is C/C(=N/NC(=O)c1cc(Br)c[nH]1)c1ccc(OCC(=O)O)cc1. The molecule has 3 N–H and O–H groups in total. The van der Waals surface area contributed by atoms with Crippen LogP contribution in [0.4, 0.5) is 0 Å². The van der Waals surface area contributed by atoms with E-state index in [1.54, 1.807) is 43.5 Å². The molecule has 0 saturated heterocycles. The van der Waals surface area contributed by atoms with Crippen LogP contribution < -0.4 is 10.2 Å². The molecule has 0 spiro atoms. The number of aromatic amines is 1. The van der Waals surface area contributed by atoms with Gasteiger partial charge in [-0.05, 0) is 58.7 Å². The fourth-order valence-corrected chi connectivity index (χ4v) is 2.04. The Morgan fingerprint density at radius 1 is 1.35 bits per heavy atom. The Morgan fingerprint density at radius 2 is 2.04 bits per heavy atom. The van der Waals surface area contributed by atoms with Crippen LogP contribution in [0.3, 0.4) is 0 Å². The van der Waals surface area contributed by atoms with Crippen LogP contribution in [0.15, 0.2) is 46.1 Å². The number of carbonyl (C=O) groups excluding carboxylic acids is 1. The zero-order chi connectivity index (χ0) is 16.8. The van der Waals surface area contributed by atoms with Crippen LogP contribution in [0.2, 0.25) is 0 Å². The Hall–Kier alpha value is -2.61. The predicted molar refractivity (Wildman–Crippen MR) is 87.7 cm³/mol. The lowest BCUT2D eigenvalue weighted by Crippen LogP contribution is -2.19. The van der Waals surface area contributed by atoms with E-state index in [0.717, 1.165) is 10.0 Å². The van der Waals surface area contributed by atoms with Crippen molar-refractivity contribution in [2.24, 2.45) is 5.10 Å². The van der Waals surface area contributed by atoms with Crippen molar-refractivity contribution in [3.8, 4) is 5.75 Å². The molecule has 8 heteroatoms. The highest BCUT2D eigenvalue weighted by Crippen LogP contribution is 2.13. The second kappa shape index (κ2) is 7.59. The monoisotopic (exact) mass is 379 g/mol. The van der Waals surface area contributed by atoms with Gasteiger partial charge in [-0.1, -0.05) is 0 Å². The molecule has 2 aromatic rings. The van der Waals surface area contributed by atoms with Crippen molar-refractivity contribution in [2.75, 3.05) is 6.61 Å². The number of H-pyrrole nitrogens is 1. The van der Waals surface area contributed by atoms with Crippen molar-refractivity contribution in [3.63, 3.8) is 0 Å². The maximum atomic E-state index is 11.9. The maximum Gasteiger partial charge on any atom is 0.341 e. The molecule has 0 radical (unpaired) electrons. The molecule has 0 atom stereocenters. The molecule has 1 aromatic carbocycles. The van der Waals surface area contributed by atoms with Gasteiger partial charge in [-0.15, -0.1) is 0 Å². The van der Waals surface area contributed by atoms with Crippen LogP contribution in [-0.2, 0) is 4.79 Å². The Bertz CT molecular complexity index is 737.